The third-order valence-corrected chi connectivity index (χ3v) is 7.52. The number of carbonyl (C=O) groups excluding carboxylic acids is 2. The highest BCUT2D eigenvalue weighted by atomic mass is 32.2. The predicted molar refractivity (Wildman–Crippen MR) is 136 cm³/mol. The van der Waals surface area contributed by atoms with Gasteiger partial charge in [0.15, 0.2) is 5.78 Å². The standard InChI is InChI=1S/C24H25N3O6S2/c1-17-7-9-21(10-8-17)26-35(32,33)23-13-11-20(12-14-23)25-24(29)16-27(34(3,30)31)22-6-4-5-19(15-22)18(2)28/h4-15,26H,16H2,1-3H3,(H,25,29). The van der Waals surface area contributed by atoms with Crippen LogP contribution in [-0.2, 0) is 24.8 Å². The summed E-state index contributed by atoms with van der Waals surface area (Å²) in [5.41, 5.74) is 2.19. The first-order valence-corrected chi connectivity index (χ1v) is 13.8. The molecule has 0 spiro atoms. The highest BCUT2D eigenvalue weighted by Gasteiger charge is 2.22. The minimum absolute atomic E-state index is 0.00474. The van der Waals surface area contributed by atoms with Crippen LogP contribution in [0.1, 0.15) is 22.8 Å². The SMILES string of the molecule is CC(=O)c1cccc(N(CC(=O)Nc2ccc(S(=O)(=O)Nc3ccc(C)cc3)cc2)S(C)(=O)=O)c1. The molecule has 0 fully saturated rings. The lowest BCUT2D eigenvalue weighted by molar-refractivity contribution is -0.114. The molecule has 35 heavy (non-hydrogen) atoms. The van der Waals surface area contributed by atoms with Crippen molar-refractivity contribution in [3.63, 3.8) is 0 Å². The molecule has 0 aliphatic rings. The molecule has 0 unspecified atom stereocenters. The van der Waals surface area contributed by atoms with E-state index in [0.717, 1.165) is 16.1 Å². The molecule has 0 heterocycles. The molecule has 0 saturated heterocycles. The van der Waals surface area contributed by atoms with Crippen molar-refractivity contribution in [1.29, 1.82) is 0 Å². The first-order valence-electron chi connectivity index (χ1n) is 10.4. The van der Waals surface area contributed by atoms with Gasteiger partial charge in [-0.25, -0.2) is 16.8 Å². The number of carbonyl (C=O) groups is 2. The van der Waals surface area contributed by atoms with E-state index in [-0.39, 0.29) is 22.1 Å². The Morgan fingerprint density at radius 2 is 1.46 bits per heavy atom. The van der Waals surface area contributed by atoms with Gasteiger partial charge in [0.1, 0.15) is 6.54 Å². The number of nitrogens with one attached hydrogen (secondary N) is 2. The van der Waals surface area contributed by atoms with Gasteiger partial charge in [-0.3, -0.25) is 18.6 Å². The van der Waals surface area contributed by atoms with E-state index in [2.05, 4.69) is 10.0 Å². The molecule has 9 nitrogen and oxygen atoms in total. The average Bonchev–Trinajstić information content (AvgIpc) is 2.78. The van der Waals surface area contributed by atoms with Crippen LogP contribution in [0.15, 0.2) is 77.7 Å². The number of amides is 1. The number of Topliss-reactive ketones (excluding diaryl/α,β-unsaturated/α-hetero) is 1. The first-order chi connectivity index (χ1) is 16.3. The van der Waals surface area contributed by atoms with Crippen molar-refractivity contribution in [1.82, 2.24) is 0 Å². The van der Waals surface area contributed by atoms with Gasteiger partial charge in [0, 0.05) is 16.9 Å². The van der Waals surface area contributed by atoms with Crippen molar-refractivity contribution < 1.29 is 26.4 Å². The van der Waals surface area contributed by atoms with Gasteiger partial charge in [0.25, 0.3) is 10.0 Å². The summed E-state index contributed by atoms with van der Waals surface area (Å²) < 4.78 is 53.2. The normalized spacial score (nSPS) is 11.5. The van der Waals surface area contributed by atoms with Crippen LogP contribution in [0.5, 0.6) is 0 Å². The van der Waals surface area contributed by atoms with E-state index in [1.165, 1.54) is 49.4 Å². The highest BCUT2D eigenvalue weighted by Crippen LogP contribution is 2.21. The van der Waals surface area contributed by atoms with Crippen molar-refractivity contribution in [2.45, 2.75) is 18.7 Å². The third kappa shape index (κ3) is 6.90. The monoisotopic (exact) mass is 515 g/mol. The lowest BCUT2D eigenvalue weighted by Gasteiger charge is -2.22. The maximum atomic E-state index is 12.6. The Labute approximate surface area is 204 Å². The summed E-state index contributed by atoms with van der Waals surface area (Å²) in [6.45, 7) is 2.72. The molecule has 184 valence electrons. The summed E-state index contributed by atoms with van der Waals surface area (Å²) in [4.78, 5) is 24.2. The van der Waals surface area contributed by atoms with Gasteiger partial charge in [-0.15, -0.1) is 0 Å². The van der Waals surface area contributed by atoms with Crippen LogP contribution in [-0.4, -0.2) is 41.3 Å². The number of hydrogen-bond donors (Lipinski definition) is 2. The fourth-order valence-electron chi connectivity index (χ4n) is 3.16. The maximum absolute atomic E-state index is 12.6. The molecule has 0 aliphatic carbocycles. The van der Waals surface area contributed by atoms with Gasteiger partial charge in [0.05, 0.1) is 16.8 Å². The minimum Gasteiger partial charge on any atom is -0.325 e. The molecule has 0 atom stereocenters. The van der Waals surface area contributed by atoms with Crippen LogP contribution in [0, 0.1) is 6.92 Å². The summed E-state index contributed by atoms with van der Waals surface area (Å²) >= 11 is 0. The Morgan fingerprint density at radius 3 is 2.03 bits per heavy atom. The molecule has 0 saturated carbocycles. The molecule has 0 radical (unpaired) electrons. The predicted octanol–water partition coefficient (Wildman–Crippen LogP) is 3.40. The van der Waals surface area contributed by atoms with Crippen LogP contribution in [0.3, 0.4) is 0 Å². The molecule has 3 aromatic carbocycles. The first kappa shape index (κ1) is 25.9. The Bertz CT molecular complexity index is 1450. The molecule has 3 aromatic rings. The number of anilines is 3. The lowest BCUT2D eigenvalue weighted by Crippen LogP contribution is -2.37. The van der Waals surface area contributed by atoms with E-state index in [1.54, 1.807) is 30.3 Å². The summed E-state index contributed by atoms with van der Waals surface area (Å²) in [6.07, 6.45) is 0.960. The minimum atomic E-state index is -3.83. The van der Waals surface area contributed by atoms with Gasteiger partial charge >= 0.3 is 0 Å². The van der Waals surface area contributed by atoms with Gasteiger partial charge in [0.2, 0.25) is 15.9 Å². The number of sulfonamides is 2. The number of aryl methyl sites for hydroxylation is 1. The van der Waals surface area contributed by atoms with Crippen LogP contribution >= 0.6 is 0 Å². The number of benzene rings is 3. The Hall–Kier alpha value is -3.70. The molecule has 11 heteroatoms. The molecule has 2 N–H and O–H groups in total. The van der Waals surface area contributed by atoms with Crippen molar-refractivity contribution in [3.05, 3.63) is 83.9 Å². The molecule has 0 aliphatic heterocycles. The molecule has 3 rings (SSSR count). The second-order valence-electron chi connectivity index (χ2n) is 7.92. The van der Waals surface area contributed by atoms with E-state index in [4.69, 9.17) is 0 Å². The van der Waals surface area contributed by atoms with E-state index in [9.17, 15) is 26.4 Å². The van der Waals surface area contributed by atoms with Crippen molar-refractivity contribution in [3.8, 4) is 0 Å². The van der Waals surface area contributed by atoms with E-state index in [1.807, 2.05) is 6.92 Å². The molecule has 1 amide bonds. The van der Waals surface area contributed by atoms with Crippen molar-refractivity contribution in [2.24, 2.45) is 0 Å². The average molecular weight is 516 g/mol. The summed E-state index contributed by atoms with van der Waals surface area (Å²) in [7, 11) is -7.67. The quantitative estimate of drug-likeness (QED) is 0.420. The summed E-state index contributed by atoms with van der Waals surface area (Å²) in [5, 5.41) is 2.56. The van der Waals surface area contributed by atoms with Crippen molar-refractivity contribution >= 4 is 48.8 Å². The Kier molecular flexibility index (Phi) is 7.61. The molecule has 0 aromatic heterocycles. The van der Waals surface area contributed by atoms with Gasteiger partial charge < -0.3 is 5.32 Å². The number of ketones is 1. The lowest BCUT2D eigenvalue weighted by atomic mass is 10.1. The smallest absolute Gasteiger partial charge is 0.261 e. The van der Waals surface area contributed by atoms with Crippen LogP contribution < -0.4 is 14.3 Å². The fourth-order valence-corrected chi connectivity index (χ4v) is 5.07. The number of rotatable bonds is 9. The summed E-state index contributed by atoms with van der Waals surface area (Å²) in [5.74, 6) is -0.881. The zero-order valence-electron chi connectivity index (χ0n) is 19.3. The molecular formula is C24H25N3O6S2. The third-order valence-electron chi connectivity index (χ3n) is 4.98. The van der Waals surface area contributed by atoms with Crippen molar-refractivity contribution in [2.75, 3.05) is 27.1 Å². The Balaban J connectivity index is 1.72. The fraction of sp³-hybridized carbons (Fsp3) is 0.167. The van der Waals surface area contributed by atoms with Crippen LogP contribution in [0.25, 0.3) is 0 Å². The second-order valence-corrected chi connectivity index (χ2v) is 11.5. The largest absolute Gasteiger partial charge is 0.325 e. The summed E-state index contributed by atoms with van der Waals surface area (Å²) in [6, 6.07) is 18.3. The topological polar surface area (TPSA) is 130 Å². The van der Waals surface area contributed by atoms with Crippen LogP contribution in [0.2, 0.25) is 0 Å². The Morgan fingerprint density at radius 1 is 0.857 bits per heavy atom. The number of nitrogens with zero attached hydrogens (tertiary/aromatic N) is 1. The highest BCUT2D eigenvalue weighted by molar-refractivity contribution is 7.92. The molecule has 0 bridgehead atoms. The second kappa shape index (κ2) is 10.3. The van der Waals surface area contributed by atoms with E-state index < -0.39 is 32.5 Å². The zero-order chi connectivity index (χ0) is 25.8. The van der Waals surface area contributed by atoms with Gasteiger partial charge in [-0.05, 0) is 62.4 Å². The van der Waals surface area contributed by atoms with E-state index in [0.29, 0.717) is 11.3 Å². The van der Waals surface area contributed by atoms with Gasteiger partial charge in [-0.2, -0.15) is 0 Å². The zero-order valence-corrected chi connectivity index (χ0v) is 21.0. The van der Waals surface area contributed by atoms with E-state index >= 15 is 0 Å². The molecular weight excluding hydrogens is 490 g/mol. The van der Waals surface area contributed by atoms with Crippen LogP contribution in [0.4, 0.5) is 17.1 Å². The number of hydrogen-bond acceptors (Lipinski definition) is 6. The van der Waals surface area contributed by atoms with Gasteiger partial charge in [-0.1, -0.05) is 29.8 Å². The maximum Gasteiger partial charge on any atom is 0.261 e.